The van der Waals surface area contributed by atoms with Gasteiger partial charge in [0.2, 0.25) is 0 Å². The van der Waals surface area contributed by atoms with Crippen LogP contribution in [0.5, 0.6) is 11.5 Å². The SMILES string of the molecule is COc1cc(/C=C2\SC(=S)N(c3ccc(C)cc3)C2=O)ccc1OCC(=O)Nc1c(C)cc(Br)cc1C. The van der Waals surface area contributed by atoms with Crippen molar-refractivity contribution in [2.24, 2.45) is 0 Å². The van der Waals surface area contributed by atoms with Crippen LogP contribution in [0.15, 0.2) is 64.0 Å². The fourth-order valence-electron chi connectivity index (χ4n) is 3.86. The molecule has 0 aliphatic carbocycles. The summed E-state index contributed by atoms with van der Waals surface area (Å²) in [6.45, 7) is 5.68. The molecule has 1 aliphatic rings. The molecule has 37 heavy (non-hydrogen) atoms. The Morgan fingerprint density at radius 1 is 1.05 bits per heavy atom. The molecule has 2 amide bonds. The molecular weight excluding hydrogens is 572 g/mol. The lowest BCUT2D eigenvalue weighted by atomic mass is 10.1. The van der Waals surface area contributed by atoms with E-state index in [4.69, 9.17) is 21.7 Å². The number of carbonyl (C=O) groups is 2. The van der Waals surface area contributed by atoms with Crippen LogP contribution in [-0.2, 0) is 9.59 Å². The third kappa shape index (κ3) is 6.23. The summed E-state index contributed by atoms with van der Waals surface area (Å²) in [4.78, 5) is 27.7. The molecule has 3 aromatic carbocycles. The van der Waals surface area contributed by atoms with Crippen molar-refractivity contribution >= 4 is 73.5 Å². The molecule has 3 aromatic rings. The molecule has 0 spiro atoms. The summed E-state index contributed by atoms with van der Waals surface area (Å²) < 4.78 is 12.7. The Morgan fingerprint density at radius 2 is 1.73 bits per heavy atom. The van der Waals surface area contributed by atoms with Gasteiger partial charge < -0.3 is 14.8 Å². The van der Waals surface area contributed by atoms with E-state index in [1.165, 1.54) is 23.8 Å². The monoisotopic (exact) mass is 596 g/mol. The number of hydrogen-bond donors (Lipinski definition) is 1. The number of nitrogens with one attached hydrogen (secondary N) is 1. The second-order valence-corrected chi connectivity index (χ2v) is 11.1. The number of halogens is 1. The van der Waals surface area contributed by atoms with Crippen LogP contribution in [0.1, 0.15) is 22.3 Å². The number of nitrogens with zero attached hydrogens (tertiary/aromatic N) is 1. The number of rotatable bonds is 7. The van der Waals surface area contributed by atoms with Crippen molar-refractivity contribution in [2.45, 2.75) is 20.8 Å². The van der Waals surface area contributed by atoms with Gasteiger partial charge in [-0.05, 0) is 79.9 Å². The summed E-state index contributed by atoms with van der Waals surface area (Å²) in [6, 6.07) is 16.8. The summed E-state index contributed by atoms with van der Waals surface area (Å²) in [5.74, 6) is 0.422. The van der Waals surface area contributed by atoms with Crippen molar-refractivity contribution in [3.8, 4) is 11.5 Å². The quantitative estimate of drug-likeness (QED) is 0.239. The molecule has 1 heterocycles. The van der Waals surface area contributed by atoms with Crippen molar-refractivity contribution in [1.82, 2.24) is 0 Å². The van der Waals surface area contributed by atoms with Crippen molar-refractivity contribution in [1.29, 1.82) is 0 Å². The van der Waals surface area contributed by atoms with Gasteiger partial charge in [0.05, 0.1) is 17.7 Å². The zero-order valence-electron chi connectivity index (χ0n) is 20.8. The lowest BCUT2D eigenvalue weighted by Gasteiger charge is -2.14. The number of thioether (sulfide) groups is 1. The standard InChI is InChI=1S/C28H25BrN2O4S2/c1-16-5-8-21(9-6-16)31-27(33)24(37-28(31)36)14-19-7-10-22(23(13-19)34-4)35-15-25(32)30-26-17(2)11-20(29)12-18(26)3/h5-14H,15H2,1-4H3,(H,30,32)/b24-14-. The highest BCUT2D eigenvalue weighted by atomic mass is 79.9. The van der Waals surface area contributed by atoms with Gasteiger partial charge in [0.1, 0.15) is 0 Å². The van der Waals surface area contributed by atoms with E-state index in [9.17, 15) is 9.59 Å². The predicted octanol–water partition coefficient (Wildman–Crippen LogP) is 6.81. The number of ether oxygens (including phenoxy) is 2. The van der Waals surface area contributed by atoms with Gasteiger partial charge in [0.25, 0.3) is 11.8 Å². The zero-order valence-corrected chi connectivity index (χ0v) is 24.0. The Labute approximate surface area is 234 Å². The largest absolute Gasteiger partial charge is 0.493 e. The maximum Gasteiger partial charge on any atom is 0.270 e. The molecule has 190 valence electrons. The van der Waals surface area contributed by atoms with Crippen LogP contribution < -0.4 is 19.7 Å². The van der Waals surface area contributed by atoms with E-state index in [1.54, 1.807) is 24.3 Å². The van der Waals surface area contributed by atoms with Crippen LogP contribution in [0, 0.1) is 20.8 Å². The third-order valence-electron chi connectivity index (χ3n) is 5.69. The first-order valence-electron chi connectivity index (χ1n) is 11.4. The Balaban J connectivity index is 1.45. The average Bonchev–Trinajstić information content (AvgIpc) is 3.13. The highest BCUT2D eigenvalue weighted by molar-refractivity contribution is 9.10. The molecular formula is C28H25BrN2O4S2. The molecule has 0 bridgehead atoms. The first-order valence-corrected chi connectivity index (χ1v) is 13.4. The van der Waals surface area contributed by atoms with E-state index in [0.717, 1.165) is 38.1 Å². The van der Waals surface area contributed by atoms with E-state index >= 15 is 0 Å². The minimum atomic E-state index is -0.278. The fourth-order valence-corrected chi connectivity index (χ4v) is 5.84. The minimum Gasteiger partial charge on any atom is -0.493 e. The molecule has 4 rings (SSSR count). The molecule has 1 fully saturated rings. The van der Waals surface area contributed by atoms with Gasteiger partial charge in [-0.25, -0.2) is 0 Å². The zero-order chi connectivity index (χ0) is 26.7. The second kappa shape index (κ2) is 11.5. The number of methoxy groups -OCH3 is 1. The number of benzene rings is 3. The Kier molecular flexibility index (Phi) is 8.36. The Morgan fingerprint density at radius 3 is 2.38 bits per heavy atom. The van der Waals surface area contributed by atoms with Crippen LogP contribution in [0.2, 0.25) is 0 Å². The van der Waals surface area contributed by atoms with Crippen LogP contribution in [-0.4, -0.2) is 29.9 Å². The third-order valence-corrected chi connectivity index (χ3v) is 7.45. The number of thiocarbonyl (C=S) groups is 1. The molecule has 1 N–H and O–H groups in total. The Hall–Kier alpha value is -3.14. The molecule has 0 aromatic heterocycles. The first kappa shape index (κ1) is 26.9. The highest BCUT2D eigenvalue weighted by Crippen LogP contribution is 2.37. The number of amides is 2. The van der Waals surface area contributed by atoms with E-state index in [0.29, 0.717) is 20.7 Å². The van der Waals surface area contributed by atoms with Crippen LogP contribution in [0.3, 0.4) is 0 Å². The molecule has 6 nitrogen and oxygen atoms in total. The maximum absolute atomic E-state index is 13.1. The molecule has 1 saturated heterocycles. The van der Waals surface area contributed by atoms with E-state index in [-0.39, 0.29) is 18.4 Å². The van der Waals surface area contributed by atoms with Gasteiger partial charge in [-0.1, -0.05) is 63.7 Å². The fraction of sp³-hybridized carbons (Fsp3) is 0.179. The normalized spacial score (nSPS) is 14.3. The molecule has 9 heteroatoms. The predicted molar refractivity (Wildman–Crippen MR) is 158 cm³/mol. The van der Waals surface area contributed by atoms with Gasteiger partial charge in [0.15, 0.2) is 22.4 Å². The Bertz CT molecular complexity index is 1400. The summed E-state index contributed by atoms with van der Waals surface area (Å²) in [7, 11) is 1.53. The topological polar surface area (TPSA) is 67.9 Å². The van der Waals surface area contributed by atoms with Crippen molar-refractivity contribution in [2.75, 3.05) is 23.9 Å². The lowest BCUT2D eigenvalue weighted by Crippen LogP contribution is -2.27. The van der Waals surface area contributed by atoms with Gasteiger partial charge in [-0.2, -0.15) is 0 Å². The molecule has 0 atom stereocenters. The number of anilines is 2. The highest BCUT2D eigenvalue weighted by Gasteiger charge is 2.33. The van der Waals surface area contributed by atoms with Crippen LogP contribution in [0.4, 0.5) is 11.4 Å². The van der Waals surface area contributed by atoms with Crippen LogP contribution in [0.25, 0.3) is 6.08 Å². The maximum atomic E-state index is 13.1. The molecule has 0 saturated carbocycles. The molecule has 1 aliphatic heterocycles. The van der Waals surface area contributed by atoms with E-state index in [2.05, 4.69) is 21.2 Å². The minimum absolute atomic E-state index is 0.173. The first-order chi connectivity index (χ1) is 17.7. The van der Waals surface area contributed by atoms with Crippen LogP contribution >= 0.6 is 39.9 Å². The van der Waals surface area contributed by atoms with Crippen molar-refractivity contribution in [3.05, 3.63) is 86.2 Å². The van der Waals surface area contributed by atoms with Gasteiger partial charge >= 0.3 is 0 Å². The van der Waals surface area contributed by atoms with Crippen molar-refractivity contribution in [3.63, 3.8) is 0 Å². The smallest absolute Gasteiger partial charge is 0.270 e. The molecule has 0 radical (unpaired) electrons. The van der Waals surface area contributed by atoms with Gasteiger partial charge in [-0.3, -0.25) is 14.5 Å². The summed E-state index contributed by atoms with van der Waals surface area (Å²) in [5, 5.41) is 2.91. The second-order valence-electron chi connectivity index (χ2n) is 8.51. The van der Waals surface area contributed by atoms with E-state index < -0.39 is 0 Å². The summed E-state index contributed by atoms with van der Waals surface area (Å²) in [6.07, 6.45) is 1.77. The van der Waals surface area contributed by atoms with Gasteiger partial charge in [-0.15, -0.1) is 0 Å². The van der Waals surface area contributed by atoms with Crippen molar-refractivity contribution < 1.29 is 19.1 Å². The number of hydrogen-bond acceptors (Lipinski definition) is 6. The average molecular weight is 598 g/mol. The number of carbonyl (C=O) groups excluding carboxylic acids is 2. The van der Waals surface area contributed by atoms with Gasteiger partial charge in [0, 0.05) is 10.2 Å². The van der Waals surface area contributed by atoms with E-state index in [1.807, 2.05) is 57.2 Å². The summed E-state index contributed by atoms with van der Waals surface area (Å²) in [5.41, 5.74) is 5.27. The number of aryl methyl sites for hydroxylation is 3. The summed E-state index contributed by atoms with van der Waals surface area (Å²) >= 11 is 10.2. The lowest BCUT2D eigenvalue weighted by molar-refractivity contribution is -0.118. The molecule has 0 unspecified atom stereocenters.